The van der Waals surface area contributed by atoms with Crippen LogP contribution in [-0.2, 0) is 23.8 Å². The molecule has 198 valence electrons. The Morgan fingerprint density at radius 3 is 2.49 bits per heavy atom. The Morgan fingerprint density at radius 1 is 1.09 bits per heavy atom. The van der Waals surface area contributed by atoms with E-state index < -0.39 is 6.16 Å². The summed E-state index contributed by atoms with van der Waals surface area (Å²) in [5.41, 5.74) is 0.113. The van der Waals surface area contributed by atoms with Crippen LogP contribution in [0.25, 0.3) is 0 Å². The van der Waals surface area contributed by atoms with Gasteiger partial charge in [0.15, 0.2) is 0 Å². The highest BCUT2D eigenvalue weighted by Crippen LogP contribution is 2.67. The zero-order valence-corrected chi connectivity index (χ0v) is 21.9. The number of Topliss-reactive ketones (excluding diaryl/α,β-unsaturated/α-hetero) is 1. The monoisotopic (exact) mass is 492 g/mol. The number of carbonyl (C=O) groups excluding carboxylic acids is 3. The topological polar surface area (TPSA) is 99.1 Å². The van der Waals surface area contributed by atoms with Gasteiger partial charge in [-0.2, -0.15) is 0 Å². The highest BCUT2D eigenvalue weighted by Gasteiger charge is 2.63. The molecule has 0 aromatic rings. The first-order chi connectivity index (χ1) is 16.7. The van der Waals surface area contributed by atoms with Crippen LogP contribution in [0, 0.1) is 46.3 Å². The minimum atomic E-state index is -0.600. The summed E-state index contributed by atoms with van der Waals surface area (Å²) < 4.78 is 15.4. The molecule has 4 rings (SSSR count). The van der Waals surface area contributed by atoms with Crippen molar-refractivity contribution in [2.75, 3.05) is 20.3 Å². The molecule has 4 fully saturated rings. The van der Waals surface area contributed by atoms with Gasteiger partial charge in [0.25, 0.3) is 0 Å². The van der Waals surface area contributed by atoms with Crippen molar-refractivity contribution in [3.05, 3.63) is 0 Å². The summed E-state index contributed by atoms with van der Waals surface area (Å²) in [7, 11) is 1.41. The zero-order chi connectivity index (χ0) is 25.4. The Balaban J connectivity index is 1.48. The van der Waals surface area contributed by atoms with Crippen molar-refractivity contribution in [3.63, 3.8) is 0 Å². The molecule has 0 saturated heterocycles. The number of rotatable bonds is 7. The van der Waals surface area contributed by atoms with Gasteiger partial charge >= 0.3 is 12.1 Å². The number of aliphatic hydroxyl groups excluding tert-OH is 1. The van der Waals surface area contributed by atoms with Crippen molar-refractivity contribution in [1.29, 1.82) is 0 Å². The Kier molecular flexibility index (Phi) is 7.85. The Morgan fingerprint density at radius 2 is 1.80 bits per heavy atom. The Hall–Kier alpha value is -1.63. The smallest absolute Gasteiger partial charge is 0.469 e. The summed E-state index contributed by atoms with van der Waals surface area (Å²) in [5.74, 6) is 1.61. The number of methoxy groups -OCH3 is 1. The van der Waals surface area contributed by atoms with Crippen LogP contribution in [0.3, 0.4) is 0 Å². The third kappa shape index (κ3) is 4.74. The molecule has 0 aromatic heterocycles. The first-order valence-corrected chi connectivity index (χ1v) is 13.7. The second-order valence-corrected chi connectivity index (χ2v) is 12.1. The molecule has 0 bridgehead atoms. The van der Waals surface area contributed by atoms with Crippen molar-refractivity contribution in [2.45, 2.75) is 91.1 Å². The van der Waals surface area contributed by atoms with Gasteiger partial charge in [-0.1, -0.05) is 13.8 Å². The molecule has 4 aliphatic carbocycles. The number of carbonyl (C=O) groups is 3. The number of ketones is 1. The van der Waals surface area contributed by atoms with Crippen LogP contribution in [0.15, 0.2) is 0 Å². The predicted octanol–water partition coefficient (Wildman–Crippen LogP) is 4.93. The third-order valence-electron chi connectivity index (χ3n) is 10.8. The number of hydrogen-bond donors (Lipinski definition) is 1. The Labute approximate surface area is 209 Å². The van der Waals surface area contributed by atoms with E-state index >= 15 is 0 Å². The first-order valence-electron chi connectivity index (χ1n) is 13.7. The minimum absolute atomic E-state index is 0.0216. The Bertz CT molecular complexity index is 811. The van der Waals surface area contributed by atoms with Gasteiger partial charge in [0.1, 0.15) is 11.9 Å². The molecule has 1 N–H and O–H groups in total. The lowest BCUT2D eigenvalue weighted by Crippen LogP contribution is -2.57. The fourth-order valence-electron chi connectivity index (χ4n) is 8.93. The van der Waals surface area contributed by atoms with E-state index in [1.807, 2.05) is 0 Å². The highest BCUT2D eigenvalue weighted by molar-refractivity contribution is 5.83. The predicted molar refractivity (Wildman–Crippen MR) is 129 cm³/mol. The van der Waals surface area contributed by atoms with Crippen molar-refractivity contribution in [3.8, 4) is 0 Å². The lowest BCUT2D eigenvalue weighted by molar-refractivity contribution is -0.162. The van der Waals surface area contributed by atoms with E-state index in [0.717, 1.165) is 44.9 Å². The average molecular weight is 493 g/mol. The largest absolute Gasteiger partial charge is 0.508 e. The quantitative estimate of drug-likeness (QED) is 0.503. The lowest BCUT2D eigenvalue weighted by Gasteiger charge is -2.60. The summed E-state index contributed by atoms with van der Waals surface area (Å²) >= 11 is 0. The molecule has 0 aromatic carbocycles. The number of fused-ring (bicyclic) bond motifs is 5. The summed E-state index contributed by atoms with van der Waals surface area (Å²) in [6.07, 6.45) is 7.46. The minimum Gasteiger partial charge on any atom is -0.469 e. The van der Waals surface area contributed by atoms with Gasteiger partial charge < -0.3 is 19.3 Å². The lowest BCUT2D eigenvalue weighted by atomic mass is 9.44. The van der Waals surface area contributed by atoms with Gasteiger partial charge in [-0.15, -0.1) is 0 Å². The highest BCUT2D eigenvalue weighted by atomic mass is 16.7. The molecule has 0 heterocycles. The maximum Gasteiger partial charge on any atom is 0.508 e. The van der Waals surface area contributed by atoms with Gasteiger partial charge in [-0.3, -0.25) is 9.59 Å². The maximum absolute atomic E-state index is 13.7. The van der Waals surface area contributed by atoms with Crippen molar-refractivity contribution in [2.24, 2.45) is 46.3 Å². The van der Waals surface area contributed by atoms with E-state index in [1.165, 1.54) is 7.11 Å². The van der Waals surface area contributed by atoms with Gasteiger partial charge in [-0.05, 0) is 98.7 Å². The molecule has 0 amide bonds. The van der Waals surface area contributed by atoms with Crippen molar-refractivity contribution < 1.29 is 33.7 Å². The van der Waals surface area contributed by atoms with E-state index in [-0.39, 0.29) is 47.3 Å². The first kappa shape index (κ1) is 26.4. The second kappa shape index (κ2) is 10.4. The SMILES string of the molecule is CCOC(=O)O[C@@H]1CC[C@@]2(C)C(CC(=O)[C@H]3[C@@H]4CC[C@H]([C@H](CO)CCC(=O)OC)[C@@]4(C)CC[C@@H]32)C1. The second-order valence-electron chi connectivity index (χ2n) is 12.1. The summed E-state index contributed by atoms with van der Waals surface area (Å²) in [4.78, 5) is 37.3. The summed E-state index contributed by atoms with van der Waals surface area (Å²) in [6, 6.07) is 0. The van der Waals surface area contributed by atoms with Crippen LogP contribution in [0.4, 0.5) is 4.79 Å². The maximum atomic E-state index is 13.7. The molecule has 0 radical (unpaired) electrons. The van der Waals surface area contributed by atoms with Crippen LogP contribution in [0.1, 0.15) is 85.0 Å². The van der Waals surface area contributed by atoms with E-state index in [0.29, 0.717) is 49.4 Å². The standard InChI is InChI=1S/C28H44O7/c1-5-34-26(32)35-19-10-12-27(2)18(14-19)15-23(30)25-21-8-7-20(28(21,3)13-11-22(25)27)17(16-29)6-9-24(31)33-4/h17-22,25,29H,5-16H2,1-4H3/t17-,18?,19+,20+,21-,22-,25-,27-,28+/m0/s1. The van der Waals surface area contributed by atoms with Crippen LogP contribution >= 0.6 is 0 Å². The van der Waals surface area contributed by atoms with Crippen LogP contribution < -0.4 is 0 Å². The van der Waals surface area contributed by atoms with E-state index in [9.17, 15) is 19.5 Å². The van der Waals surface area contributed by atoms with Crippen LogP contribution in [0.2, 0.25) is 0 Å². The zero-order valence-electron chi connectivity index (χ0n) is 21.9. The van der Waals surface area contributed by atoms with E-state index in [2.05, 4.69) is 13.8 Å². The fraction of sp³-hybridized carbons (Fsp3) is 0.893. The molecule has 1 unspecified atom stereocenters. The van der Waals surface area contributed by atoms with Gasteiger partial charge in [0.05, 0.1) is 13.7 Å². The molecule has 0 spiro atoms. The molecule has 7 nitrogen and oxygen atoms in total. The molecular weight excluding hydrogens is 448 g/mol. The van der Waals surface area contributed by atoms with Crippen molar-refractivity contribution in [1.82, 2.24) is 0 Å². The molecule has 0 aliphatic heterocycles. The molecule has 35 heavy (non-hydrogen) atoms. The molecule has 4 aliphatic rings. The average Bonchev–Trinajstić information content (AvgIpc) is 3.17. The number of hydrogen-bond acceptors (Lipinski definition) is 7. The molecule has 4 saturated carbocycles. The molecule has 9 atom stereocenters. The van der Waals surface area contributed by atoms with Crippen molar-refractivity contribution >= 4 is 17.9 Å². The fourth-order valence-corrected chi connectivity index (χ4v) is 8.93. The number of ether oxygens (including phenoxy) is 3. The van der Waals surface area contributed by atoms with E-state index in [4.69, 9.17) is 14.2 Å². The van der Waals surface area contributed by atoms with Gasteiger partial charge in [0.2, 0.25) is 0 Å². The number of esters is 1. The molecule has 7 heteroatoms. The normalized spacial score (nSPS) is 41.2. The van der Waals surface area contributed by atoms with Gasteiger partial charge in [-0.25, -0.2) is 4.79 Å². The van der Waals surface area contributed by atoms with Crippen LogP contribution in [0.5, 0.6) is 0 Å². The summed E-state index contributed by atoms with van der Waals surface area (Å²) in [6.45, 7) is 6.87. The number of aliphatic hydroxyl groups is 1. The summed E-state index contributed by atoms with van der Waals surface area (Å²) in [5, 5.41) is 10.2. The third-order valence-corrected chi connectivity index (χ3v) is 10.8. The van der Waals surface area contributed by atoms with Gasteiger partial charge in [0, 0.05) is 25.4 Å². The van der Waals surface area contributed by atoms with E-state index in [1.54, 1.807) is 6.92 Å². The molecular formula is C28H44O7. The van der Waals surface area contributed by atoms with Crippen LogP contribution in [-0.4, -0.2) is 49.4 Å².